The molecule has 0 fully saturated rings. The predicted octanol–water partition coefficient (Wildman–Crippen LogP) is 5.10. The molecule has 1 heterocycles. The van der Waals surface area contributed by atoms with Crippen molar-refractivity contribution in [2.75, 3.05) is 0 Å². The highest BCUT2D eigenvalue weighted by Crippen LogP contribution is 2.39. The smallest absolute Gasteiger partial charge is 0.207 e. The molecule has 1 atom stereocenters. The van der Waals surface area contributed by atoms with Crippen molar-refractivity contribution in [1.29, 1.82) is 0 Å². The van der Waals surface area contributed by atoms with Gasteiger partial charge in [-0.25, -0.2) is 8.42 Å². The zero-order chi connectivity index (χ0) is 19.9. The molecule has 3 aromatic rings. The number of fused-ring (bicyclic) bond motifs is 1. The van der Waals surface area contributed by atoms with Crippen LogP contribution in [0.5, 0.6) is 0 Å². The maximum Gasteiger partial charge on any atom is 0.243 e. The van der Waals surface area contributed by atoms with E-state index in [-0.39, 0.29) is 6.04 Å². The van der Waals surface area contributed by atoms with E-state index in [1.54, 1.807) is 16.4 Å². The van der Waals surface area contributed by atoms with Gasteiger partial charge in [0.15, 0.2) is 0 Å². The van der Waals surface area contributed by atoms with E-state index in [1.165, 1.54) is 5.56 Å². The van der Waals surface area contributed by atoms with Crippen LogP contribution in [0.3, 0.4) is 0 Å². The Balaban J connectivity index is 1.88. The lowest BCUT2D eigenvalue weighted by Crippen LogP contribution is -2.39. The SMILES string of the molecule is Cc1ccc(S(=O)(=O)N2Cc3ccccc3CC2c2c(C)cccc2C)cc1. The van der Waals surface area contributed by atoms with Gasteiger partial charge in [-0.3, -0.25) is 0 Å². The van der Waals surface area contributed by atoms with Gasteiger partial charge in [0.25, 0.3) is 0 Å². The molecule has 4 rings (SSSR count). The second kappa shape index (κ2) is 7.19. The molecule has 0 N–H and O–H groups in total. The molecular formula is C24H25NO2S. The van der Waals surface area contributed by atoms with E-state index in [0.717, 1.165) is 27.8 Å². The minimum atomic E-state index is -3.62. The van der Waals surface area contributed by atoms with Gasteiger partial charge >= 0.3 is 0 Å². The molecule has 1 aliphatic heterocycles. The zero-order valence-electron chi connectivity index (χ0n) is 16.5. The van der Waals surface area contributed by atoms with Gasteiger partial charge < -0.3 is 0 Å². The van der Waals surface area contributed by atoms with Gasteiger partial charge in [0.05, 0.1) is 10.9 Å². The number of aryl methyl sites for hydroxylation is 3. The molecule has 28 heavy (non-hydrogen) atoms. The normalized spacial score (nSPS) is 17.3. The van der Waals surface area contributed by atoms with Crippen LogP contribution in [0.2, 0.25) is 0 Å². The van der Waals surface area contributed by atoms with E-state index in [4.69, 9.17) is 0 Å². The van der Waals surface area contributed by atoms with E-state index in [2.05, 4.69) is 32.0 Å². The van der Waals surface area contributed by atoms with Gasteiger partial charge in [-0.15, -0.1) is 0 Å². The molecule has 0 saturated carbocycles. The minimum absolute atomic E-state index is 0.206. The highest BCUT2D eigenvalue weighted by Gasteiger charge is 2.37. The van der Waals surface area contributed by atoms with Crippen molar-refractivity contribution in [3.8, 4) is 0 Å². The van der Waals surface area contributed by atoms with Gasteiger partial charge in [0.1, 0.15) is 0 Å². The average Bonchev–Trinajstić information content (AvgIpc) is 2.67. The van der Waals surface area contributed by atoms with Crippen LogP contribution >= 0.6 is 0 Å². The monoisotopic (exact) mass is 391 g/mol. The lowest BCUT2D eigenvalue weighted by Gasteiger charge is -2.37. The van der Waals surface area contributed by atoms with Crippen LogP contribution in [-0.4, -0.2) is 12.7 Å². The van der Waals surface area contributed by atoms with Gasteiger partial charge in [0, 0.05) is 6.54 Å². The molecule has 3 nitrogen and oxygen atoms in total. The van der Waals surface area contributed by atoms with Crippen LogP contribution in [0.15, 0.2) is 71.6 Å². The van der Waals surface area contributed by atoms with Crippen molar-refractivity contribution in [1.82, 2.24) is 4.31 Å². The minimum Gasteiger partial charge on any atom is -0.207 e. The topological polar surface area (TPSA) is 37.4 Å². The van der Waals surface area contributed by atoms with Crippen molar-refractivity contribution in [2.24, 2.45) is 0 Å². The van der Waals surface area contributed by atoms with Crippen LogP contribution in [0, 0.1) is 20.8 Å². The summed E-state index contributed by atoms with van der Waals surface area (Å²) in [5, 5.41) is 0. The lowest BCUT2D eigenvalue weighted by atomic mass is 9.87. The maximum atomic E-state index is 13.6. The van der Waals surface area contributed by atoms with Crippen molar-refractivity contribution >= 4 is 10.0 Å². The zero-order valence-corrected chi connectivity index (χ0v) is 17.3. The van der Waals surface area contributed by atoms with Gasteiger partial charge in [0.2, 0.25) is 10.0 Å². The van der Waals surface area contributed by atoms with Crippen molar-refractivity contribution < 1.29 is 8.42 Å². The number of hydrogen-bond acceptors (Lipinski definition) is 2. The summed E-state index contributed by atoms with van der Waals surface area (Å²) in [5.41, 5.74) is 6.75. The van der Waals surface area contributed by atoms with Crippen LogP contribution in [0.25, 0.3) is 0 Å². The Labute approximate surface area is 167 Å². The first-order valence-corrected chi connectivity index (χ1v) is 11.0. The Morgan fingerprint density at radius 1 is 0.786 bits per heavy atom. The van der Waals surface area contributed by atoms with Crippen molar-refractivity contribution in [3.63, 3.8) is 0 Å². The van der Waals surface area contributed by atoms with Gasteiger partial charge in [-0.05, 0) is 67.1 Å². The van der Waals surface area contributed by atoms with Crippen molar-refractivity contribution in [2.45, 2.75) is 44.7 Å². The van der Waals surface area contributed by atoms with Gasteiger partial charge in [-0.1, -0.05) is 60.2 Å². The number of nitrogens with zero attached hydrogens (tertiary/aromatic N) is 1. The van der Waals surface area contributed by atoms with E-state index in [9.17, 15) is 8.42 Å². The quantitative estimate of drug-likeness (QED) is 0.623. The Kier molecular flexibility index (Phi) is 4.86. The fraction of sp³-hybridized carbons (Fsp3) is 0.250. The Morgan fingerprint density at radius 3 is 2.04 bits per heavy atom. The summed E-state index contributed by atoms with van der Waals surface area (Å²) >= 11 is 0. The molecule has 0 spiro atoms. The molecular weight excluding hydrogens is 366 g/mol. The summed E-state index contributed by atoms with van der Waals surface area (Å²) in [7, 11) is -3.62. The first kappa shape index (κ1) is 18.9. The molecule has 1 aliphatic rings. The summed E-state index contributed by atoms with van der Waals surface area (Å²) in [4.78, 5) is 0.355. The van der Waals surface area contributed by atoms with E-state index >= 15 is 0 Å². The maximum absolute atomic E-state index is 13.6. The third kappa shape index (κ3) is 3.27. The van der Waals surface area contributed by atoms with E-state index in [1.807, 2.05) is 43.3 Å². The molecule has 0 saturated heterocycles. The van der Waals surface area contributed by atoms with E-state index < -0.39 is 10.0 Å². The average molecular weight is 392 g/mol. The second-order valence-corrected chi connectivity index (χ2v) is 9.55. The summed E-state index contributed by atoms with van der Waals surface area (Å²) in [6.45, 7) is 6.50. The molecule has 0 amide bonds. The summed E-state index contributed by atoms with van der Waals surface area (Å²) in [6.07, 6.45) is 0.687. The molecule has 0 bridgehead atoms. The highest BCUT2D eigenvalue weighted by atomic mass is 32.2. The number of benzene rings is 3. The lowest BCUT2D eigenvalue weighted by molar-refractivity contribution is 0.294. The second-order valence-electron chi connectivity index (χ2n) is 7.66. The van der Waals surface area contributed by atoms with Crippen LogP contribution < -0.4 is 0 Å². The number of rotatable bonds is 3. The molecule has 4 heteroatoms. The summed E-state index contributed by atoms with van der Waals surface area (Å²) in [6, 6.07) is 21.3. The van der Waals surface area contributed by atoms with Crippen LogP contribution in [-0.2, 0) is 23.0 Å². The molecule has 1 unspecified atom stereocenters. The molecule has 3 aromatic carbocycles. The predicted molar refractivity (Wildman–Crippen MR) is 113 cm³/mol. The molecule has 0 aliphatic carbocycles. The number of hydrogen-bond donors (Lipinski definition) is 0. The summed E-state index contributed by atoms with van der Waals surface area (Å²) < 4.78 is 29.0. The highest BCUT2D eigenvalue weighted by molar-refractivity contribution is 7.89. The summed E-state index contributed by atoms with van der Waals surface area (Å²) in [5.74, 6) is 0. The largest absolute Gasteiger partial charge is 0.243 e. The van der Waals surface area contributed by atoms with Crippen LogP contribution in [0.1, 0.15) is 39.4 Å². The van der Waals surface area contributed by atoms with Crippen LogP contribution in [0.4, 0.5) is 0 Å². The van der Waals surface area contributed by atoms with Gasteiger partial charge in [-0.2, -0.15) is 4.31 Å². The fourth-order valence-electron chi connectivity index (χ4n) is 4.20. The number of sulfonamides is 1. The third-order valence-electron chi connectivity index (χ3n) is 5.71. The van der Waals surface area contributed by atoms with Crippen molar-refractivity contribution in [3.05, 3.63) is 100 Å². The molecule has 0 radical (unpaired) electrons. The first-order chi connectivity index (χ1) is 13.4. The standard InChI is InChI=1S/C24H25NO2S/c1-17-11-13-22(14-12-17)28(26,27)25-16-21-10-5-4-9-20(21)15-23(25)24-18(2)7-6-8-19(24)3/h4-14,23H,15-16H2,1-3H3. The molecule has 0 aromatic heterocycles. The Morgan fingerprint density at radius 2 is 1.39 bits per heavy atom. The Hall–Kier alpha value is -2.43. The first-order valence-electron chi connectivity index (χ1n) is 9.59. The third-order valence-corrected chi connectivity index (χ3v) is 7.58. The molecule has 144 valence electrons. The van der Waals surface area contributed by atoms with E-state index in [0.29, 0.717) is 17.9 Å². The Bertz CT molecular complexity index is 1100. The fourth-order valence-corrected chi connectivity index (χ4v) is 5.77.